The average Bonchev–Trinajstić information content (AvgIpc) is 3.20. The van der Waals surface area contributed by atoms with Gasteiger partial charge in [0, 0.05) is 69.8 Å². The number of piperazine rings is 1. The summed E-state index contributed by atoms with van der Waals surface area (Å²) in [6, 6.07) is 12.5. The lowest BCUT2D eigenvalue weighted by Gasteiger charge is -2.54. The van der Waals surface area contributed by atoms with Crippen molar-refractivity contribution in [3.8, 4) is 0 Å². The Morgan fingerprint density at radius 2 is 1.78 bits per heavy atom. The monoisotopic (exact) mass is 431 g/mol. The molecule has 4 heterocycles. The first-order valence-electron chi connectivity index (χ1n) is 12.2. The summed E-state index contributed by atoms with van der Waals surface area (Å²) in [4.78, 5) is 23.9. The van der Waals surface area contributed by atoms with E-state index in [0.29, 0.717) is 12.0 Å². The van der Waals surface area contributed by atoms with Gasteiger partial charge >= 0.3 is 0 Å². The van der Waals surface area contributed by atoms with Crippen LogP contribution in [0, 0.1) is 11.3 Å². The average molecular weight is 432 g/mol. The summed E-state index contributed by atoms with van der Waals surface area (Å²) in [6.45, 7) is 8.70. The van der Waals surface area contributed by atoms with Crippen LogP contribution in [0.5, 0.6) is 0 Å². The highest BCUT2D eigenvalue weighted by Gasteiger charge is 2.46. The number of carbonyl (C=O) groups is 1. The standard InChI is InChI=1S/C26H33N5O/c32-25-23-5-4-22(15-21(23)18-28-25)30-13-11-29(12-14-30)19-20-16-26(17-20)6-9-31(10-7-26)24-3-1-2-8-27-24/h1-5,8,15,20H,6-7,9-14,16-19H2,(H,28,32). The predicted octanol–water partition coefficient (Wildman–Crippen LogP) is 3.14. The van der Waals surface area contributed by atoms with Crippen molar-refractivity contribution < 1.29 is 4.79 Å². The van der Waals surface area contributed by atoms with E-state index in [2.05, 4.69) is 49.3 Å². The Kier molecular flexibility index (Phi) is 5.05. The van der Waals surface area contributed by atoms with E-state index in [-0.39, 0.29) is 5.91 Å². The molecule has 1 aromatic carbocycles. The molecule has 1 aliphatic carbocycles. The van der Waals surface area contributed by atoms with Gasteiger partial charge in [-0.2, -0.15) is 0 Å². The highest BCUT2D eigenvalue weighted by Crippen LogP contribution is 2.53. The molecule has 1 N–H and O–H groups in total. The second kappa shape index (κ2) is 8.07. The van der Waals surface area contributed by atoms with Gasteiger partial charge in [0.25, 0.3) is 5.91 Å². The molecule has 1 amide bonds. The quantitative estimate of drug-likeness (QED) is 0.806. The highest BCUT2D eigenvalue weighted by molar-refractivity contribution is 5.98. The smallest absolute Gasteiger partial charge is 0.251 e. The maximum absolute atomic E-state index is 11.8. The van der Waals surface area contributed by atoms with E-state index in [1.165, 1.54) is 37.9 Å². The number of aromatic nitrogens is 1. The van der Waals surface area contributed by atoms with E-state index < -0.39 is 0 Å². The number of anilines is 2. The Hall–Kier alpha value is -2.60. The van der Waals surface area contributed by atoms with Crippen molar-refractivity contribution in [3.63, 3.8) is 0 Å². The summed E-state index contributed by atoms with van der Waals surface area (Å²) >= 11 is 0. The number of amides is 1. The predicted molar refractivity (Wildman–Crippen MR) is 127 cm³/mol. The number of nitrogens with zero attached hydrogens (tertiary/aromatic N) is 4. The van der Waals surface area contributed by atoms with E-state index in [9.17, 15) is 4.79 Å². The van der Waals surface area contributed by atoms with Gasteiger partial charge in [0.2, 0.25) is 0 Å². The number of pyridine rings is 1. The van der Waals surface area contributed by atoms with Gasteiger partial charge in [0.1, 0.15) is 5.82 Å². The fraction of sp³-hybridized carbons (Fsp3) is 0.538. The Balaban J connectivity index is 0.960. The van der Waals surface area contributed by atoms with Gasteiger partial charge in [-0.15, -0.1) is 0 Å². The molecule has 2 saturated heterocycles. The largest absolute Gasteiger partial charge is 0.369 e. The molecule has 0 radical (unpaired) electrons. The van der Waals surface area contributed by atoms with Crippen LogP contribution in [0.15, 0.2) is 42.6 Å². The van der Waals surface area contributed by atoms with Crippen LogP contribution in [0.2, 0.25) is 0 Å². The molecule has 2 aromatic rings. The van der Waals surface area contributed by atoms with Crippen LogP contribution in [0.3, 0.4) is 0 Å². The summed E-state index contributed by atoms with van der Waals surface area (Å²) in [6.07, 6.45) is 7.37. The third-order valence-electron chi connectivity index (χ3n) is 8.27. The Morgan fingerprint density at radius 3 is 2.53 bits per heavy atom. The molecule has 3 fully saturated rings. The second-order valence-corrected chi connectivity index (χ2v) is 10.3. The van der Waals surface area contributed by atoms with E-state index in [1.54, 1.807) is 0 Å². The summed E-state index contributed by atoms with van der Waals surface area (Å²) in [7, 11) is 0. The van der Waals surface area contributed by atoms with Crippen molar-refractivity contribution in [3.05, 3.63) is 53.7 Å². The maximum atomic E-state index is 11.8. The fourth-order valence-electron chi connectivity index (χ4n) is 6.42. The number of hydrogen-bond donors (Lipinski definition) is 1. The van der Waals surface area contributed by atoms with E-state index in [1.807, 2.05) is 18.3 Å². The molecule has 3 aliphatic heterocycles. The van der Waals surface area contributed by atoms with Crippen LogP contribution >= 0.6 is 0 Å². The van der Waals surface area contributed by atoms with Crippen molar-refractivity contribution in [1.82, 2.24) is 15.2 Å². The lowest BCUT2D eigenvalue weighted by molar-refractivity contribution is 0.00674. The second-order valence-electron chi connectivity index (χ2n) is 10.3. The molecule has 32 heavy (non-hydrogen) atoms. The minimum absolute atomic E-state index is 0.0667. The minimum atomic E-state index is 0.0667. The van der Waals surface area contributed by atoms with E-state index in [4.69, 9.17) is 0 Å². The van der Waals surface area contributed by atoms with Gasteiger partial charge in [-0.1, -0.05) is 6.07 Å². The molecule has 0 bridgehead atoms. The van der Waals surface area contributed by atoms with Crippen LogP contribution in [0.1, 0.15) is 41.6 Å². The molecule has 6 heteroatoms. The van der Waals surface area contributed by atoms with Crippen LogP contribution < -0.4 is 15.1 Å². The number of hydrogen-bond acceptors (Lipinski definition) is 5. The van der Waals surface area contributed by atoms with Gasteiger partial charge in [0.05, 0.1) is 0 Å². The van der Waals surface area contributed by atoms with Gasteiger partial charge in [0.15, 0.2) is 0 Å². The first-order valence-corrected chi connectivity index (χ1v) is 12.2. The molecule has 4 aliphatic rings. The molecule has 1 aromatic heterocycles. The molecule has 6 nitrogen and oxygen atoms in total. The SMILES string of the molecule is O=C1NCc2cc(N3CCN(CC4CC5(CCN(c6ccccn6)CC5)C4)CC3)ccc21. The van der Waals surface area contributed by atoms with Gasteiger partial charge in [-0.3, -0.25) is 9.69 Å². The lowest BCUT2D eigenvalue weighted by Crippen LogP contribution is -2.53. The molecule has 1 spiro atoms. The molecule has 0 atom stereocenters. The summed E-state index contributed by atoms with van der Waals surface area (Å²) in [5.74, 6) is 2.08. The number of nitrogens with one attached hydrogen (secondary N) is 1. The molecule has 1 saturated carbocycles. The number of benzene rings is 1. The Labute approximate surface area is 190 Å². The summed E-state index contributed by atoms with van der Waals surface area (Å²) in [5, 5.41) is 2.92. The normalized spacial score (nSPS) is 23.2. The molecule has 0 unspecified atom stereocenters. The summed E-state index contributed by atoms with van der Waals surface area (Å²) in [5.41, 5.74) is 3.86. The third-order valence-corrected chi connectivity index (χ3v) is 8.27. The van der Waals surface area contributed by atoms with Crippen molar-refractivity contribution in [1.29, 1.82) is 0 Å². The van der Waals surface area contributed by atoms with E-state index in [0.717, 1.165) is 62.1 Å². The van der Waals surface area contributed by atoms with Crippen molar-refractivity contribution >= 4 is 17.4 Å². The topological polar surface area (TPSA) is 51.7 Å². The zero-order valence-corrected chi connectivity index (χ0v) is 18.8. The number of piperidine rings is 1. The zero-order valence-electron chi connectivity index (χ0n) is 18.8. The molecule has 168 valence electrons. The first kappa shape index (κ1) is 20.0. The van der Waals surface area contributed by atoms with Crippen LogP contribution in [0.4, 0.5) is 11.5 Å². The van der Waals surface area contributed by atoms with Crippen LogP contribution in [-0.4, -0.2) is 61.6 Å². The number of carbonyl (C=O) groups excluding carboxylic acids is 1. The van der Waals surface area contributed by atoms with Crippen molar-refractivity contribution in [2.45, 2.75) is 32.2 Å². The van der Waals surface area contributed by atoms with E-state index >= 15 is 0 Å². The van der Waals surface area contributed by atoms with Crippen molar-refractivity contribution in [2.24, 2.45) is 11.3 Å². The minimum Gasteiger partial charge on any atom is -0.369 e. The third kappa shape index (κ3) is 3.75. The number of rotatable bonds is 4. The van der Waals surface area contributed by atoms with Crippen LogP contribution in [-0.2, 0) is 6.54 Å². The summed E-state index contributed by atoms with van der Waals surface area (Å²) < 4.78 is 0. The number of fused-ring (bicyclic) bond motifs is 1. The fourth-order valence-corrected chi connectivity index (χ4v) is 6.42. The van der Waals surface area contributed by atoms with Gasteiger partial charge in [-0.05, 0) is 72.9 Å². The first-order chi connectivity index (χ1) is 15.7. The molecule has 6 rings (SSSR count). The molecular formula is C26H33N5O. The highest BCUT2D eigenvalue weighted by atomic mass is 16.1. The zero-order chi connectivity index (χ0) is 21.5. The molecular weight excluding hydrogens is 398 g/mol. The maximum Gasteiger partial charge on any atom is 0.251 e. The Morgan fingerprint density at radius 1 is 0.969 bits per heavy atom. The van der Waals surface area contributed by atoms with Gasteiger partial charge in [-0.25, -0.2) is 4.98 Å². The Bertz CT molecular complexity index is 969. The lowest BCUT2D eigenvalue weighted by atomic mass is 9.57. The van der Waals surface area contributed by atoms with Crippen molar-refractivity contribution in [2.75, 3.05) is 55.6 Å². The van der Waals surface area contributed by atoms with Gasteiger partial charge < -0.3 is 15.1 Å². The van der Waals surface area contributed by atoms with Crippen LogP contribution in [0.25, 0.3) is 0 Å².